The number of nitrogens with zero attached hydrogens (tertiary/aromatic N) is 3. The number of aryl methyl sites for hydroxylation is 1. The third-order valence-corrected chi connectivity index (χ3v) is 4.31. The van der Waals surface area contributed by atoms with Gasteiger partial charge in [0.2, 0.25) is 0 Å². The fourth-order valence-electron chi connectivity index (χ4n) is 2.61. The average Bonchev–Trinajstić information content (AvgIpc) is 2.63. The van der Waals surface area contributed by atoms with E-state index in [-0.39, 0.29) is 29.5 Å². The molecule has 0 spiro atoms. The van der Waals surface area contributed by atoms with Crippen LogP contribution in [0.1, 0.15) is 24.1 Å². The highest BCUT2D eigenvalue weighted by atomic mass is 127. The summed E-state index contributed by atoms with van der Waals surface area (Å²) in [6.45, 7) is 4.27. The van der Waals surface area contributed by atoms with Crippen LogP contribution in [-0.2, 0) is 13.0 Å². The molecule has 6 nitrogen and oxygen atoms in total. The van der Waals surface area contributed by atoms with Gasteiger partial charge in [-0.05, 0) is 43.9 Å². The molecule has 0 saturated carbocycles. The van der Waals surface area contributed by atoms with E-state index in [4.69, 9.17) is 11.6 Å². The number of nitrogens with one attached hydrogen (secondary N) is 2. The van der Waals surface area contributed by atoms with Crippen molar-refractivity contribution >= 4 is 41.5 Å². The maximum atomic E-state index is 11.8. The van der Waals surface area contributed by atoms with E-state index in [1.807, 2.05) is 23.6 Å². The zero-order valence-corrected chi connectivity index (χ0v) is 18.8. The van der Waals surface area contributed by atoms with E-state index in [0.29, 0.717) is 5.15 Å². The summed E-state index contributed by atoms with van der Waals surface area (Å²) in [6, 6.07) is 9.13. The van der Waals surface area contributed by atoms with Gasteiger partial charge >= 0.3 is 0 Å². The lowest BCUT2D eigenvalue weighted by molar-refractivity contribution is 0.575. The Morgan fingerprint density at radius 3 is 2.63 bits per heavy atom. The number of rotatable bonds is 8. The number of pyridine rings is 2. The molecule has 0 amide bonds. The molecule has 0 saturated heterocycles. The number of guanidine groups is 1. The van der Waals surface area contributed by atoms with Crippen molar-refractivity contribution < 1.29 is 0 Å². The highest BCUT2D eigenvalue weighted by Gasteiger charge is 2.01. The van der Waals surface area contributed by atoms with Crippen molar-refractivity contribution in [3.05, 3.63) is 63.3 Å². The first-order valence-electron chi connectivity index (χ1n) is 8.81. The Bertz CT molecular complexity index is 776. The maximum absolute atomic E-state index is 11.8. The van der Waals surface area contributed by atoms with E-state index in [9.17, 15) is 4.79 Å². The Morgan fingerprint density at radius 2 is 1.96 bits per heavy atom. The average molecular weight is 504 g/mol. The Balaban J connectivity index is 0.00000364. The number of hydrogen-bond donors (Lipinski definition) is 2. The van der Waals surface area contributed by atoms with E-state index in [2.05, 4.69) is 20.6 Å². The molecule has 2 N–H and O–H groups in total. The lowest BCUT2D eigenvalue weighted by atomic mass is 10.2. The quantitative estimate of drug-likeness (QED) is 0.191. The molecule has 8 heteroatoms. The Hall–Kier alpha value is -1.61. The second kappa shape index (κ2) is 12.7. The van der Waals surface area contributed by atoms with Crippen molar-refractivity contribution in [3.8, 4) is 0 Å². The summed E-state index contributed by atoms with van der Waals surface area (Å²) in [6.07, 6.45) is 4.53. The van der Waals surface area contributed by atoms with E-state index >= 15 is 0 Å². The predicted molar refractivity (Wildman–Crippen MR) is 122 cm³/mol. The van der Waals surface area contributed by atoms with Gasteiger partial charge in [0.05, 0.1) is 0 Å². The minimum absolute atomic E-state index is 0. The van der Waals surface area contributed by atoms with Crippen LogP contribution in [0.3, 0.4) is 0 Å². The van der Waals surface area contributed by atoms with Gasteiger partial charge in [-0.15, -0.1) is 24.0 Å². The topological polar surface area (TPSA) is 71.3 Å². The molecule has 148 valence electrons. The summed E-state index contributed by atoms with van der Waals surface area (Å²) in [7, 11) is 1.76. The second-order valence-corrected chi connectivity index (χ2v) is 6.42. The molecule has 0 aromatic carbocycles. The molecule has 2 heterocycles. The van der Waals surface area contributed by atoms with Crippen LogP contribution in [0.25, 0.3) is 0 Å². The van der Waals surface area contributed by atoms with E-state index in [0.717, 1.165) is 56.1 Å². The van der Waals surface area contributed by atoms with Gasteiger partial charge in [-0.1, -0.05) is 23.7 Å². The summed E-state index contributed by atoms with van der Waals surface area (Å²) in [4.78, 5) is 20.1. The molecule has 0 bridgehead atoms. The lowest BCUT2D eigenvalue weighted by Crippen LogP contribution is -2.38. The molecule has 0 fully saturated rings. The standard InChI is InChI=1S/C19H26ClN5O.HI/c1-15-6-5-7-18(26)25(15)13-4-3-11-22-19(21-2)23-12-10-16-8-9-17(20)24-14-16;/h5-9,14H,3-4,10-13H2,1-2H3,(H2,21,22,23);1H. The molecule has 0 radical (unpaired) electrons. The van der Waals surface area contributed by atoms with Crippen LogP contribution in [0, 0.1) is 6.92 Å². The van der Waals surface area contributed by atoms with Crippen molar-refractivity contribution in [1.82, 2.24) is 20.2 Å². The zero-order chi connectivity index (χ0) is 18.8. The lowest BCUT2D eigenvalue weighted by Gasteiger charge is -2.12. The van der Waals surface area contributed by atoms with Crippen LogP contribution in [0.2, 0.25) is 5.15 Å². The smallest absolute Gasteiger partial charge is 0.250 e. The molecule has 2 aromatic heterocycles. The SMILES string of the molecule is CN=C(NCCCCn1c(C)cccc1=O)NCCc1ccc(Cl)nc1.I. The van der Waals surface area contributed by atoms with Crippen molar-refractivity contribution in [3.63, 3.8) is 0 Å². The van der Waals surface area contributed by atoms with Gasteiger partial charge in [-0.3, -0.25) is 9.79 Å². The molecule has 2 rings (SSSR count). The van der Waals surface area contributed by atoms with Gasteiger partial charge < -0.3 is 15.2 Å². The number of unbranched alkanes of at least 4 members (excludes halogenated alkanes) is 1. The summed E-state index contributed by atoms with van der Waals surface area (Å²) < 4.78 is 1.81. The molecule has 0 atom stereocenters. The highest BCUT2D eigenvalue weighted by molar-refractivity contribution is 14.0. The fourth-order valence-corrected chi connectivity index (χ4v) is 2.72. The molecule has 0 aliphatic rings. The maximum Gasteiger partial charge on any atom is 0.250 e. The van der Waals surface area contributed by atoms with E-state index in [1.165, 1.54) is 0 Å². The first kappa shape index (κ1) is 23.4. The van der Waals surface area contributed by atoms with Crippen LogP contribution in [0.15, 0.2) is 46.3 Å². The Kier molecular flexibility index (Phi) is 11.0. The minimum Gasteiger partial charge on any atom is -0.356 e. The third-order valence-electron chi connectivity index (χ3n) is 4.09. The number of aliphatic imine (C=N–C) groups is 1. The molecular formula is C19H27ClIN5O. The molecule has 2 aromatic rings. The second-order valence-electron chi connectivity index (χ2n) is 6.03. The molecule has 27 heavy (non-hydrogen) atoms. The number of aromatic nitrogens is 2. The normalized spacial score (nSPS) is 11.0. The van der Waals surface area contributed by atoms with Crippen LogP contribution < -0.4 is 16.2 Å². The first-order chi connectivity index (χ1) is 12.6. The molecule has 0 aliphatic carbocycles. The van der Waals surface area contributed by atoms with Crippen molar-refractivity contribution in [1.29, 1.82) is 0 Å². The highest BCUT2D eigenvalue weighted by Crippen LogP contribution is 2.05. The summed E-state index contributed by atoms with van der Waals surface area (Å²) in [5, 5.41) is 7.08. The predicted octanol–water partition coefficient (Wildman–Crippen LogP) is 3.01. The third kappa shape index (κ3) is 8.30. The van der Waals surface area contributed by atoms with Crippen LogP contribution in [0.5, 0.6) is 0 Å². The summed E-state index contributed by atoms with van der Waals surface area (Å²) in [5.74, 6) is 0.778. The van der Waals surface area contributed by atoms with Crippen LogP contribution in [0.4, 0.5) is 0 Å². The number of halogens is 2. The van der Waals surface area contributed by atoms with Gasteiger partial charge in [-0.2, -0.15) is 0 Å². The first-order valence-corrected chi connectivity index (χ1v) is 9.19. The van der Waals surface area contributed by atoms with Gasteiger partial charge in [-0.25, -0.2) is 4.98 Å². The summed E-state index contributed by atoms with van der Waals surface area (Å²) >= 11 is 5.78. The summed E-state index contributed by atoms with van der Waals surface area (Å²) in [5.41, 5.74) is 2.19. The van der Waals surface area contributed by atoms with Gasteiger partial charge in [0.25, 0.3) is 5.56 Å². The van der Waals surface area contributed by atoms with Gasteiger partial charge in [0, 0.05) is 44.6 Å². The minimum atomic E-state index is 0. The van der Waals surface area contributed by atoms with Gasteiger partial charge in [0.15, 0.2) is 5.96 Å². The monoisotopic (exact) mass is 503 g/mol. The zero-order valence-electron chi connectivity index (χ0n) is 15.7. The van der Waals surface area contributed by atoms with Gasteiger partial charge in [0.1, 0.15) is 5.15 Å². The molecule has 0 aliphatic heterocycles. The number of hydrogen-bond acceptors (Lipinski definition) is 3. The largest absolute Gasteiger partial charge is 0.356 e. The Labute approximate surface area is 182 Å². The molecule has 0 unspecified atom stereocenters. The van der Waals surface area contributed by atoms with E-state index in [1.54, 1.807) is 31.4 Å². The van der Waals surface area contributed by atoms with E-state index < -0.39 is 0 Å². The van der Waals surface area contributed by atoms with Crippen LogP contribution in [-0.4, -0.2) is 35.6 Å². The Morgan fingerprint density at radius 1 is 1.19 bits per heavy atom. The van der Waals surface area contributed by atoms with Crippen LogP contribution >= 0.6 is 35.6 Å². The molecular weight excluding hydrogens is 477 g/mol. The van der Waals surface area contributed by atoms with Crippen molar-refractivity contribution in [2.24, 2.45) is 4.99 Å². The van der Waals surface area contributed by atoms with Crippen molar-refractivity contribution in [2.45, 2.75) is 32.7 Å². The van der Waals surface area contributed by atoms with Crippen molar-refractivity contribution in [2.75, 3.05) is 20.1 Å². The fraction of sp³-hybridized carbons (Fsp3) is 0.421.